The second-order valence-corrected chi connectivity index (χ2v) is 7.99. The van der Waals surface area contributed by atoms with E-state index in [2.05, 4.69) is 9.88 Å². The number of ether oxygens (including phenoxy) is 1. The highest BCUT2D eigenvalue weighted by molar-refractivity contribution is 7.16. The lowest BCUT2D eigenvalue weighted by molar-refractivity contribution is -0.146. The van der Waals surface area contributed by atoms with Crippen LogP contribution in [0.25, 0.3) is 10.2 Å². The normalized spacial score (nSPS) is 15.2. The molecule has 0 unspecified atom stereocenters. The molecule has 0 atom stereocenters. The van der Waals surface area contributed by atoms with Gasteiger partial charge in [-0.15, -0.1) is 11.3 Å². The number of aromatic nitrogens is 1. The van der Waals surface area contributed by atoms with Crippen molar-refractivity contribution in [1.29, 1.82) is 0 Å². The Morgan fingerprint density at radius 3 is 2.76 bits per heavy atom. The zero-order valence-corrected chi connectivity index (χ0v) is 16.9. The van der Waals surface area contributed by atoms with E-state index in [1.807, 2.05) is 53.4 Å². The average Bonchev–Trinajstić information content (AvgIpc) is 3.10. The molecule has 1 fully saturated rings. The zero-order chi connectivity index (χ0) is 20.1. The van der Waals surface area contributed by atoms with E-state index in [1.165, 1.54) is 11.3 Å². The van der Waals surface area contributed by atoms with Gasteiger partial charge in [0.25, 0.3) is 5.91 Å². The maximum absolute atomic E-state index is 12.9. The van der Waals surface area contributed by atoms with E-state index in [0.717, 1.165) is 28.7 Å². The quantitative estimate of drug-likeness (QED) is 0.606. The summed E-state index contributed by atoms with van der Waals surface area (Å²) in [5.74, 6) is -0.196. The van der Waals surface area contributed by atoms with Gasteiger partial charge in [0.15, 0.2) is 0 Å². The van der Waals surface area contributed by atoms with Crippen molar-refractivity contribution in [2.75, 3.05) is 32.7 Å². The second kappa shape index (κ2) is 9.15. The second-order valence-electron chi connectivity index (χ2n) is 7.10. The molecule has 2 heterocycles. The smallest absolute Gasteiger partial charge is 0.320 e. The predicted molar refractivity (Wildman–Crippen MR) is 113 cm³/mol. The van der Waals surface area contributed by atoms with Gasteiger partial charge in [-0.2, -0.15) is 0 Å². The molecule has 4 rings (SSSR count). The molecule has 1 aliphatic heterocycles. The summed E-state index contributed by atoms with van der Waals surface area (Å²) in [4.78, 5) is 33.3. The maximum atomic E-state index is 12.9. The van der Waals surface area contributed by atoms with E-state index in [4.69, 9.17) is 4.74 Å². The number of fused-ring (bicyclic) bond motifs is 1. The zero-order valence-electron chi connectivity index (χ0n) is 16.1. The summed E-state index contributed by atoms with van der Waals surface area (Å²) in [6.45, 7) is 3.27. The van der Waals surface area contributed by atoms with Gasteiger partial charge in [-0.25, -0.2) is 4.98 Å². The Morgan fingerprint density at radius 2 is 1.90 bits per heavy atom. The molecule has 29 heavy (non-hydrogen) atoms. The minimum Gasteiger partial charge on any atom is -0.460 e. The molecule has 2 aromatic carbocycles. The predicted octanol–water partition coefficient (Wildman–Crippen LogP) is 3.19. The molecule has 0 aliphatic carbocycles. The van der Waals surface area contributed by atoms with E-state index < -0.39 is 0 Å². The van der Waals surface area contributed by atoms with Gasteiger partial charge in [-0.05, 0) is 30.2 Å². The summed E-state index contributed by atoms with van der Waals surface area (Å²) < 4.78 is 6.40. The van der Waals surface area contributed by atoms with Gasteiger partial charge < -0.3 is 9.64 Å². The highest BCUT2D eigenvalue weighted by Crippen LogP contribution is 2.20. The van der Waals surface area contributed by atoms with Gasteiger partial charge in [0.1, 0.15) is 6.61 Å². The van der Waals surface area contributed by atoms with E-state index in [1.54, 1.807) is 5.51 Å². The van der Waals surface area contributed by atoms with E-state index in [9.17, 15) is 9.59 Å². The Bertz CT molecular complexity index is 989. The standard InChI is InChI=1S/C22H23N3O3S/c26-21(28-15-17-5-2-1-3-6-17)14-24-9-4-10-25(12-11-24)22(27)18-7-8-19-20(13-18)29-16-23-19/h1-3,5-8,13,16H,4,9-12,14-15H2. The van der Waals surface area contributed by atoms with Crippen LogP contribution in [0.3, 0.4) is 0 Å². The summed E-state index contributed by atoms with van der Waals surface area (Å²) in [6.07, 6.45) is 0.834. The van der Waals surface area contributed by atoms with Gasteiger partial charge >= 0.3 is 5.97 Å². The molecule has 3 aromatic rings. The summed E-state index contributed by atoms with van der Waals surface area (Å²) in [5, 5.41) is 0. The largest absolute Gasteiger partial charge is 0.460 e. The van der Waals surface area contributed by atoms with Crippen LogP contribution in [0.5, 0.6) is 0 Å². The first-order valence-corrected chi connectivity index (χ1v) is 10.6. The molecule has 6 nitrogen and oxygen atoms in total. The highest BCUT2D eigenvalue weighted by atomic mass is 32.1. The van der Waals surface area contributed by atoms with Crippen LogP contribution < -0.4 is 0 Å². The van der Waals surface area contributed by atoms with Crippen LogP contribution in [0.1, 0.15) is 22.3 Å². The van der Waals surface area contributed by atoms with Gasteiger partial charge in [-0.1, -0.05) is 30.3 Å². The number of nitrogens with zero attached hydrogens (tertiary/aromatic N) is 3. The van der Waals surface area contributed by atoms with Crippen LogP contribution >= 0.6 is 11.3 Å². The summed E-state index contributed by atoms with van der Waals surface area (Å²) >= 11 is 1.54. The number of thiazole rings is 1. The van der Waals surface area contributed by atoms with E-state index >= 15 is 0 Å². The summed E-state index contributed by atoms with van der Waals surface area (Å²) in [7, 11) is 0. The minimum absolute atomic E-state index is 0.0359. The Morgan fingerprint density at radius 1 is 1.03 bits per heavy atom. The topological polar surface area (TPSA) is 62.7 Å². The van der Waals surface area contributed by atoms with Crippen molar-refractivity contribution in [3.05, 3.63) is 65.2 Å². The van der Waals surface area contributed by atoms with Crippen molar-refractivity contribution in [3.63, 3.8) is 0 Å². The number of carbonyl (C=O) groups excluding carboxylic acids is 2. The number of carbonyl (C=O) groups is 2. The lowest BCUT2D eigenvalue weighted by Gasteiger charge is -2.21. The lowest BCUT2D eigenvalue weighted by atomic mass is 10.2. The first-order valence-electron chi connectivity index (χ1n) is 9.73. The molecule has 0 radical (unpaired) electrons. The minimum atomic E-state index is -0.232. The van der Waals surface area contributed by atoms with Crippen molar-refractivity contribution in [1.82, 2.24) is 14.8 Å². The Labute approximate surface area is 173 Å². The molecule has 1 aliphatic rings. The van der Waals surface area contributed by atoms with Crippen molar-refractivity contribution in [3.8, 4) is 0 Å². The SMILES string of the molecule is O=C(CN1CCCN(C(=O)c2ccc3ncsc3c2)CC1)OCc1ccccc1. The van der Waals surface area contributed by atoms with Crippen molar-refractivity contribution < 1.29 is 14.3 Å². The molecule has 0 N–H and O–H groups in total. The molecule has 0 spiro atoms. The van der Waals surface area contributed by atoms with Crippen LogP contribution in [-0.2, 0) is 16.1 Å². The van der Waals surface area contributed by atoms with Gasteiger partial charge in [0.2, 0.25) is 0 Å². The molecule has 1 amide bonds. The number of esters is 1. The summed E-state index contributed by atoms with van der Waals surface area (Å²) in [5.41, 5.74) is 4.38. The fourth-order valence-electron chi connectivity index (χ4n) is 3.47. The fraction of sp³-hybridized carbons (Fsp3) is 0.318. The molecule has 1 saturated heterocycles. The van der Waals surface area contributed by atoms with E-state index in [0.29, 0.717) is 25.2 Å². The molecule has 7 heteroatoms. The molecular weight excluding hydrogens is 386 g/mol. The molecule has 0 saturated carbocycles. The third-order valence-electron chi connectivity index (χ3n) is 5.05. The first kappa shape index (κ1) is 19.5. The number of benzene rings is 2. The van der Waals surface area contributed by atoms with Crippen LogP contribution in [0, 0.1) is 0 Å². The van der Waals surface area contributed by atoms with Crippen LogP contribution in [0.4, 0.5) is 0 Å². The van der Waals surface area contributed by atoms with E-state index in [-0.39, 0.29) is 25.0 Å². The number of rotatable bonds is 5. The Kier molecular flexibility index (Phi) is 6.17. The summed E-state index contributed by atoms with van der Waals surface area (Å²) in [6, 6.07) is 15.3. The highest BCUT2D eigenvalue weighted by Gasteiger charge is 2.22. The molecule has 150 valence electrons. The van der Waals surface area contributed by atoms with Gasteiger partial charge in [-0.3, -0.25) is 14.5 Å². The van der Waals surface area contributed by atoms with Crippen molar-refractivity contribution in [2.24, 2.45) is 0 Å². The van der Waals surface area contributed by atoms with Crippen LogP contribution in [0.15, 0.2) is 54.0 Å². The van der Waals surface area contributed by atoms with Crippen LogP contribution in [-0.4, -0.2) is 59.4 Å². The lowest BCUT2D eigenvalue weighted by Crippen LogP contribution is -2.37. The number of hydrogen-bond donors (Lipinski definition) is 0. The Balaban J connectivity index is 1.29. The maximum Gasteiger partial charge on any atom is 0.320 e. The average molecular weight is 410 g/mol. The molecule has 1 aromatic heterocycles. The number of hydrogen-bond acceptors (Lipinski definition) is 6. The monoisotopic (exact) mass is 409 g/mol. The van der Waals surface area contributed by atoms with Crippen molar-refractivity contribution >= 4 is 33.4 Å². The molecule has 0 bridgehead atoms. The van der Waals surface area contributed by atoms with Gasteiger partial charge in [0, 0.05) is 31.7 Å². The van der Waals surface area contributed by atoms with Crippen LogP contribution in [0.2, 0.25) is 0 Å². The van der Waals surface area contributed by atoms with Crippen molar-refractivity contribution in [2.45, 2.75) is 13.0 Å². The number of amides is 1. The Hall–Kier alpha value is -2.77. The third kappa shape index (κ3) is 4.99. The third-order valence-corrected chi connectivity index (χ3v) is 5.84. The first-order chi connectivity index (χ1) is 14.2. The fourth-order valence-corrected chi connectivity index (χ4v) is 4.19. The molecular formula is C22H23N3O3S. The van der Waals surface area contributed by atoms with Gasteiger partial charge in [0.05, 0.1) is 22.3 Å².